The third-order valence-electron chi connectivity index (χ3n) is 5.99. The Balaban J connectivity index is 1.29. The molecule has 2 N–H and O–H groups in total. The summed E-state index contributed by atoms with van der Waals surface area (Å²) >= 11 is 0. The van der Waals surface area contributed by atoms with Gasteiger partial charge in [0.25, 0.3) is 0 Å². The van der Waals surface area contributed by atoms with Crippen LogP contribution in [0.1, 0.15) is 47.7 Å². The average molecular weight is 419 g/mol. The number of fused-ring (bicyclic) bond motifs is 1. The van der Waals surface area contributed by atoms with E-state index in [-0.39, 0.29) is 17.9 Å². The molecule has 2 heterocycles. The highest BCUT2D eigenvalue weighted by molar-refractivity contribution is 5.98. The van der Waals surface area contributed by atoms with Gasteiger partial charge >= 0.3 is 5.97 Å². The van der Waals surface area contributed by atoms with Crippen molar-refractivity contribution in [3.63, 3.8) is 0 Å². The Kier molecular flexibility index (Phi) is 6.73. The molecular formula is C26H30N2O3. The van der Waals surface area contributed by atoms with Crippen molar-refractivity contribution in [1.29, 1.82) is 0 Å². The van der Waals surface area contributed by atoms with E-state index in [0.29, 0.717) is 0 Å². The number of ether oxygens (including phenoxy) is 1. The zero-order valence-corrected chi connectivity index (χ0v) is 18.1. The van der Waals surface area contributed by atoms with E-state index in [4.69, 9.17) is 4.74 Å². The normalized spacial score (nSPS) is 14.5. The van der Waals surface area contributed by atoms with Gasteiger partial charge in [0.2, 0.25) is 0 Å². The van der Waals surface area contributed by atoms with Gasteiger partial charge in [-0.3, -0.25) is 4.90 Å². The van der Waals surface area contributed by atoms with Crippen molar-refractivity contribution in [2.75, 3.05) is 26.2 Å². The Bertz CT molecular complexity index is 1070. The van der Waals surface area contributed by atoms with Gasteiger partial charge < -0.3 is 14.8 Å². The summed E-state index contributed by atoms with van der Waals surface area (Å²) in [5, 5.41) is 11.2. The molecule has 1 aromatic heterocycles. The first-order chi connectivity index (χ1) is 15.2. The minimum atomic E-state index is -0.496. The fourth-order valence-corrected chi connectivity index (χ4v) is 4.27. The lowest BCUT2D eigenvalue weighted by Gasteiger charge is -2.26. The molecule has 0 spiro atoms. The first-order valence-electron chi connectivity index (χ1n) is 11.1. The summed E-state index contributed by atoms with van der Waals surface area (Å²) in [7, 11) is 0. The number of aromatic amines is 1. The van der Waals surface area contributed by atoms with Crippen molar-refractivity contribution in [3.05, 3.63) is 71.4 Å². The predicted molar refractivity (Wildman–Crippen MR) is 124 cm³/mol. The number of phenols is 1. The van der Waals surface area contributed by atoms with Gasteiger partial charge in [-0.2, -0.15) is 0 Å². The SMILES string of the molecule is CCOC(=O)c1cc2[nH]cc(CCCCN3CC=C(c4ccccc4)CC3)c2cc1O. The Morgan fingerprint density at radius 1 is 1.19 bits per heavy atom. The highest BCUT2D eigenvalue weighted by Gasteiger charge is 2.16. The van der Waals surface area contributed by atoms with E-state index in [1.54, 1.807) is 19.1 Å². The average Bonchev–Trinajstić information content (AvgIpc) is 3.19. The number of nitrogens with one attached hydrogen (secondary N) is 1. The number of aromatic hydroxyl groups is 1. The lowest BCUT2D eigenvalue weighted by Crippen LogP contribution is -2.29. The van der Waals surface area contributed by atoms with Crippen molar-refractivity contribution in [2.24, 2.45) is 0 Å². The van der Waals surface area contributed by atoms with Gasteiger partial charge in [0.1, 0.15) is 11.3 Å². The van der Waals surface area contributed by atoms with Crippen molar-refractivity contribution >= 4 is 22.4 Å². The lowest BCUT2D eigenvalue weighted by atomic mass is 9.99. The number of unbranched alkanes of at least 4 members (excludes halogenated alkanes) is 1. The predicted octanol–water partition coefficient (Wildman–Crippen LogP) is 5.16. The molecule has 4 rings (SSSR count). The smallest absolute Gasteiger partial charge is 0.341 e. The molecule has 0 bridgehead atoms. The number of carbonyl (C=O) groups excluding carboxylic acids is 1. The fraction of sp³-hybridized carbons (Fsp3) is 0.346. The molecule has 3 aromatic rings. The molecule has 0 radical (unpaired) electrons. The highest BCUT2D eigenvalue weighted by Crippen LogP contribution is 2.29. The Morgan fingerprint density at radius 2 is 2.03 bits per heavy atom. The van der Waals surface area contributed by atoms with Crippen molar-refractivity contribution in [3.8, 4) is 5.75 Å². The van der Waals surface area contributed by atoms with Crippen LogP contribution in [0.25, 0.3) is 16.5 Å². The van der Waals surface area contributed by atoms with Gasteiger partial charge in [0.05, 0.1) is 6.61 Å². The molecule has 0 amide bonds. The van der Waals surface area contributed by atoms with E-state index in [0.717, 1.165) is 56.2 Å². The summed E-state index contributed by atoms with van der Waals surface area (Å²) < 4.78 is 5.01. The summed E-state index contributed by atoms with van der Waals surface area (Å²) in [6.07, 6.45) is 8.61. The first kappa shape index (κ1) is 21.2. The van der Waals surface area contributed by atoms with Gasteiger partial charge in [-0.1, -0.05) is 36.4 Å². The maximum Gasteiger partial charge on any atom is 0.341 e. The second-order valence-corrected chi connectivity index (χ2v) is 8.05. The minimum absolute atomic E-state index is 0.0267. The Morgan fingerprint density at radius 3 is 2.77 bits per heavy atom. The van der Waals surface area contributed by atoms with Gasteiger partial charge in [0.15, 0.2) is 0 Å². The van der Waals surface area contributed by atoms with Crippen LogP contribution in [0.4, 0.5) is 0 Å². The third-order valence-corrected chi connectivity index (χ3v) is 5.99. The van der Waals surface area contributed by atoms with Crippen LogP contribution in [0.3, 0.4) is 0 Å². The Hall–Kier alpha value is -3.05. The van der Waals surface area contributed by atoms with Crippen molar-refractivity contribution < 1.29 is 14.6 Å². The molecule has 0 saturated carbocycles. The van der Waals surface area contributed by atoms with Crippen LogP contribution in [0.5, 0.6) is 5.75 Å². The van der Waals surface area contributed by atoms with E-state index in [2.05, 4.69) is 46.3 Å². The molecule has 0 atom stereocenters. The molecule has 5 heteroatoms. The van der Waals surface area contributed by atoms with E-state index in [1.165, 1.54) is 16.7 Å². The number of aromatic nitrogens is 1. The second kappa shape index (κ2) is 9.84. The summed E-state index contributed by atoms with van der Waals surface area (Å²) in [6.45, 7) is 5.26. The zero-order valence-electron chi connectivity index (χ0n) is 18.1. The second-order valence-electron chi connectivity index (χ2n) is 8.05. The molecule has 31 heavy (non-hydrogen) atoms. The largest absolute Gasteiger partial charge is 0.507 e. The van der Waals surface area contributed by atoms with Crippen molar-refractivity contribution in [1.82, 2.24) is 9.88 Å². The number of benzene rings is 2. The molecule has 5 nitrogen and oxygen atoms in total. The number of aryl methyl sites for hydroxylation is 1. The molecule has 0 unspecified atom stereocenters. The monoisotopic (exact) mass is 418 g/mol. The number of phenolic OH excluding ortho intramolecular Hbond substituents is 1. The van der Waals surface area contributed by atoms with Crippen LogP contribution in [0.2, 0.25) is 0 Å². The summed E-state index contributed by atoms with van der Waals surface area (Å²) in [6, 6.07) is 14.0. The summed E-state index contributed by atoms with van der Waals surface area (Å²) in [5.74, 6) is -0.523. The zero-order chi connectivity index (χ0) is 21.6. The topological polar surface area (TPSA) is 65.6 Å². The highest BCUT2D eigenvalue weighted by atomic mass is 16.5. The third kappa shape index (κ3) is 5.00. The molecule has 2 aromatic carbocycles. The maximum absolute atomic E-state index is 12.0. The van der Waals surface area contributed by atoms with Crippen LogP contribution in [-0.2, 0) is 11.2 Å². The maximum atomic E-state index is 12.0. The molecule has 0 fully saturated rings. The summed E-state index contributed by atoms with van der Waals surface area (Å²) in [5.41, 5.74) is 5.03. The fourth-order valence-electron chi connectivity index (χ4n) is 4.27. The van der Waals surface area contributed by atoms with Crippen LogP contribution in [-0.4, -0.2) is 47.2 Å². The van der Waals surface area contributed by atoms with Crippen LogP contribution < -0.4 is 0 Å². The standard InChI is InChI=1S/C26H30N2O3/c1-2-31-26(30)23-16-24-22(17-25(23)29)21(18-27-24)10-6-7-13-28-14-11-20(12-15-28)19-8-4-3-5-9-19/h3-5,8-9,11,16-18,27,29H,2,6-7,10,12-15H2,1H3. The molecular weight excluding hydrogens is 388 g/mol. The van der Waals surface area contributed by atoms with Crippen molar-refractivity contribution in [2.45, 2.75) is 32.6 Å². The van der Waals surface area contributed by atoms with E-state index in [1.807, 2.05) is 6.20 Å². The van der Waals surface area contributed by atoms with E-state index >= 15 is 0 Å². The molecule has 162 valence electrons. The van der Waals surface area contributed by atoms with Crippen LogP contribution >= 0.6 is 0 Å². The van der Waals surface area contributed by atoms with Crippen LogP contribution in [0, 0.1) is 0 Å². The van der Waals surface area contributed by atoms with Gasteiger partial charge in [-0.05, 0) is 68.0 Å². The minimum Gasteiger partial charge on any atom is -0.507 e. The number of H-pyrrole nitrogens is 1. The van der Waals surface area contributed by atoms with Crippen LogP contribution in [0.15, 0.2) is 54.7 Å². The van der Waals surface area contributed by atoms with E-state index < -0.39 is 5.97 Å². The number of hydrogen-bond acceptors (Lipinski definition) is 4. The molecule has 1 aliphatic rings. The van der Waals surface area contributed by atoms with E-state index in [9.17, 15) is 9.90 Å². The van der Waals surface area contributed by atoms with Gasteiger partial charge in [-0.25, -0.2) is 4.79 Å². The lowest BCUT2D eigenvalue weighted by molar-refractivity contribution is 0.0523. The number of esters is 1. The van der Waals surface area contributed by atoms with Gasteiger partial charge in [0, 0.05) is 30.2 Å². The quantitative estimate of drug-likeness (QED) is 0.392. The number of nitrogens with zero attached hydrogens (tertiary/aromatic N) is 1. The Labute approximate surface area is 183 Å². The first-order valence-corrected chi connectivity index (χ1v) is 11.1. The molecule has 1 aliphatic heterocycles. The number of carbonyl (C=O) groups is 1. The number of hydrogen-bond donors (Lipinski definition) is 2. The number of rotatable bonds is 8. The molecule has 0 saturated heterocycles. The molecule has 0 aliphatic carbocycles. The summed E-state index contributed by atoms with van der Waals surface area (Å²) in [4.78, 5) is 17.7. The van der Waals surface area contributed by atoms with Gasteiger partial charge in [-0.15, -0.1) is 0 Å².